The number of hydrogen-bond acceptors (Lipinski definition) is 5. The van der Waals surface area contributed by atoms with E-state index in [9.17, 15) is 4.79 Å². The van der Waals surface area contributed by atoms with Crippen LogP contribution in [-0.4, -0.2) is 33.7 Å². The van der Waals surface area contributed by atoms with E-state index < -0.39 is 5.60 Å². The predicted molar refractivity (Wildman–Crippen MR) is 89.0 cm³/mol. The van der Waals surface area contributed by atoms with Gasteiger partial charge in [-0.3, -0.25) is 9.97 Å². The number of carbonyl (C=O) groups excluding carboxylic acids is 1. The first-order chi connectivity index (χ1) is 10.8. The highest BCUT2D eigenvalue weighted by atomic mass is 16.6. The van der Waals surface area contributed by atoms with Crippen LogP contribution in [0.1, 0.15) is 65.1 Å². The lowest BCUT2D eigenvalue weighted by atomic mass is 9.90. The number of hydrogen-bond donors (Lipinski definition) is 2. The summed E-state index contributed by atoms with van der Waals surface area (Å²) >= 11 is 0. The number of carbonyl (C=O) groups is 1. The summed E-state index contributed by atoms with van der Waals surface area (Å²) in [6.45, 7) is 7.73. The molecule has 0 saturated heterocycles. The molecule has 1 unspecified atom stereocenters. The van der Waals surface area contributed by atoms with E-state index in [4.69, 9.17) is 4.74 Å². The van der Waals surface area contributed by atoms with Crippen LogP contribution in [0.15, 0.2) is 18.6 Å². The van der Waals surface area contributed by atoms with Gasteiger partial charge in [-0.2, -0.15) is 0 Å². The van der Waals surface area contributed by atoms with Crippen LogP contribution in [0.25, 0.3) is 0 Å². The van der Waals surface area contributed by atoms with E-state index in [1.54, 1.807) is 18.6 Å². The van der Waals surface area contributed by atoms with E-state index in [1.807, 2.05) is 20.8 Å². The molecule has 1 aliphatic carbocycles. The smallest absolute Gasteiger partial charge is 0.407 e. The molecule has 0 radical (unpaired) electrons. The molecule has 6 heteroatoms. The molecule has 1 amide bonds. The van der Waals surface area contributed by atoms with Crippen molar-refractivity contribution in [3.63, 3.8) is 0 Å². The molecule has 23 heavy (non-hydrogen) atoms. The van der Waals surface area contributed by atoms with Crippen molar-refractivity contribution < 1.29 is 9.53 Å². The maximum Gasteiger partial charge on any atom is 0.407 e. The molecule has 0 bridgehead atoms. The standard InChI is InChI=1S/C17H28N4O2/c1-12(15-11-18-9-10-19-15)20-13-5-7-14(8-6-13)21-16(22)23-17(2,3)4/h9-14,20H,5-8H2,1-4H3,(H,21,22). The molecule has 1 atom stereocenters. The van der Waals surface area contributed by atoms with Crippen LogP contribution in [0.4, 0.5) is 4.79 Å². The number of rotatable bonds is 4. The van der Waals surface area contributed by atoms with Gasteiger partial charge in [-0.25, -0.2) is 4.79 Å². The first kappa shape index (κ1) is 17.7. The zero-order valence-electron chi connectivity index (χ0n) is 14.5. The van der Waals surface area contributed by atoms with Gasteiger partial charge >= 0.3 is 6.09 Å². The van der Waals surface area contributed by atoms with E-state index in [-0.39, 0.29) is 18.2 Å². The van der Waals surface area contributed by atoms with Crippen molar-refractivity contribution in [3.8, 4) is 0 Å². The van der Waals surface area contributed by atoms with Gasteiger partial charge in [0, 0.05) is 36.7 Å². The Kier molecular flexibility index (Phi) is 5.93. The molecule has 128 valence electrons. The molecule has 2 rings (SSSR count). The molecule has 2 N–H and O–H groups in total. The Morgan fingerprint density at radius 2 is 1.87 bits per heavy atom. The number of ether oxygens (including phenoxy) is 1. The fourth-order valence-corrected chi connectivity index (χ4v) is 2.85. The molecular formula is C17H28N4O2. The highest BCUT2D eigenvalue weighted by molar-refractivity contribution is 5.68. The van der Waals surface area contributed by atoms with Gasteiger partial charge in [0.15, 0.2) is 0 Å². The summed E-state index contributed by atoms with van der Waals surface area (Å²) in [5, 5.41) is 6.57. The molecule has 1 fully saturated rings. The zero-order chi connectivity index (χ0) is 16.9. The van der Waals surface area contributed by atoms with E-state index in [1.165, 1.54) is 0 Å². The van der Waals surface area contributed by atoms with Crippen LogP contribution in [0.5, 0.6) is 0 Å². The molecule has 1 heterocycles. The van der Waals surface area contributed by atoms with Gasteiger partial charge in [-0.15, -0.1) is 0 Å². The summed E-state index contributed by atoms with van der Waals surface area (Å²) in [7, 11) is 0. The lowest BCUT2D eigenvalue weighted by Gasteiger charge is -2.32. The lowest BCUT2D eigenvalue weighted by Crippen LogP contribution is -2.44. The minimum Gasteiger partial charge on any atom is -0.444 e. The Hall–Kier alpha value is -1.69. The van der Waals surface area contributed by atoms with Gasteiger partial charge in [-0.1, -0.05) is 0 Å². The number of amides is 1. The fourth-order valence-electron chi connectivity index (χ4n) is 2.85. The molecule has 1 saturated carbocycles. The van der Waals surface area contributed by atoms with Crippen LogP contribution in [-0.2, 0) is 4.74 Å². The summed E-state index contributed by atoms with van der Waals surface area (Å²) in [6, 6.07) is 0.836. The van der Waals surface area contributed by atoms with Crippen molar-refractivity contribution in [2.45, 2.75) is 77.1 Å². The monoisotopic (exact) mass is 320 g/mol. The summed E-state index contributed by atoms with van der Waals surface area (Å²) < 4.78 is 5.31. The maximum atomic E-state index is 11.8. The van der Waals surface area contributed by atoms with E-state index in [0.717, 1.165) is 31.4 Å². The predicted octanol–water partition coefficient (Wildman–Crippen LogP) is 2.96. The van der Waals surface area contributed by atoms with E-state index in [2.05, 4.69) is 27.5 Å². The number of nitrogens with zero attached hydrogens (tertiary/aromatic N) is 2. The maximum absolute atomic E-state index is 11.8. The Morgan fingerprint density at radius 1 is 1.22 bits per heavy atom. The third-order valence-electron chi connectivity index (χ3n) is 3.96. The minimum atomic E-state index is -0.449. The van der Waals surface area contributed by atoms with E-state index >= 15 is 0 Å². The Morgan fingerprint density at radius 3 is 2.43 bits per heavy atom. The largest absolute Gasteiger partial charge is 0.444 e. The molecular weight excluding hydrogens is 292 g/mol. The first-order valence-corrected chi connectivity index (χ1v) is 8.35. The Balaban J connectivity index is 1.73. The second-order valence-corrected chi connectivity index (χ2v) is 7.21. The third-order valence-corrected chi connectivity index (χ3v) is 3.96. The molecule has 1 aromatic heterocycles. The van der Waals surface area contributed by atoms with Crippen LogP contribution in [0, 0.1) is 0 Å². The summed E-state index contributed by atoms with van der Waals surface area (Å²) in [6.07, 6.45) is 8.87. The van der Waals surface area contributed by atoms with Crippen molar-refractivity contribution >= 4 is 6.09 Å². The zero-order valence-corrected chi connectivity index (χ0v) is 14.5. The van der Waals surface area contributed by atoms with Crippen LogP contribution in [0.3, 0.4) is 0 Å². The van der Waals surface area contributed by atoms with E-state index in [0.29, 0.717) is 6.04 Å². The highest BCUT2D eigenvalue weighted by Crippen LogP contribution is 2.21. The molecule has 0 spiro atoms. The lowest BCUT2D eigenvalue weighted by molar-refractivity contribution is 0.0489. The Bertz CT molecular complexity index is 493. The molecule has 6 nitrogen and oxygen atoms in total. The van der Waals surface area contributed by atoms with Crippen molar-refractivity contribution in [2.75, 3.05) is 0 Å². The average molecular weight is 320 g/mol. The van der Waals surface area contributed by atoms with Gasteiger partial charge in [0.2, 0.25) is 0 Å². The van der Waals surface area contributed by atoms with Crippen LogP contribution in [0.2, 0.25) is 0 Å². The quantitative estimate of drug-likeness (QED) is 0.892. The fraction of sp³-hybridized carbons (Fsp3) is 0.706. The topological polar surface area (TPSA) is 76.1 Å². The van der Waals surface area contributed by atoms with Crippen molar-refractivity contribution in [1.29, 1.82) is 0 Å². The molecule has 1 aliphatic rings. The second-order valence-electron chi connectivity index (χ2n) is 7.21. The highest BCUT2D eigenvalue weighted by Gasteiger charge is 2.25. The first-order valence-electron chi connectivity index (χ1n) is 8.35. The van der Waals surface area contributed by atoms with Crippen molar-refractivity contribution in [1.82, 2.24) is 20.6 Å². The Labute approximate surface area is 138 Å². The van der Waals surface area contributed by atoms with Gasteiger partial charge in [0.05, 0.1) is 5.69 Å². The average Bonchev–Trinajstić information content (AvgIpc) is 2.48. The van der Waals surface area contributed by atoms with Gasteiger partial charge in [0.1, 0.15) is 5.60 Å². The van der Waals surface area contributed by atoms with Gasteiger partial charge in [-0.05, 0) is 53.4 Å². The number of aromatic nitrogens is 2. The third kappa shape index (κ3) is 6.14. The summed E-state index contributed by atoms with van der Waals surface area (Å²) in [5.41, 5.74) is 0.510. The van der Waals surface area contributed by atoms with Crippen molar-refractivity contribution in [3.05, 3.63) is 24.3 Å². The number of alkyl carbamates (subject to hydrolysis) is 1. The SMILES string of the molecule is CC(NC1CCC(NC(=O)OC(C)(C)C)CC1)c1cnccn1. The summed E-state index contributed by atoms with van der Waals surface area (Å²) in [5.74, 6) is 0. The second kappa shape index (κ2) is 7.73. The number of nitrogens with one attached hydrogen (secondary N) is 2. The van der Waals surface area contributed by atoms with Crippen molar-refractivity contribution in [2.24, 2.45) is 0 Å². The van der Waals surface area contributed by atoms with Gasteiger partial charge in [0.25, 0.3) is 0 Å². The van der Waals surface area contributed by atoms with Crippen LogP contribution < -0.4 is 10.6 Å². The molecule has 1 aromatic rings. The summed E-state index contributed by atoms with van der Waals surface area (Å²) in [4.78, 5) is 20.2. The van der Waals surface area contributed by atoms with Crippen LogP contribution >= 0.6 is 0 Å². The molecule has 0 aliphatic heterocycles. The minimum absolute atomic E-state index is 0.184. The normalized spacial score (nSPS) is 23.1. The van der Waals surface area contributed by atoms with Gasteiger partial charge < -0.3 is 15.4 Å². The molecule has 0 aromatic carbocycles.